The zero-order valence-corrected chi connectivity index (χ0v) is 19.6. The number of anilines is 2. The summed E-state index contributed by atoms with van der Waals surface area (Å²) in [5, 5.41) is 10.5. The third-order valence-electron chi connectivity index (χ3n) is 4.72. The van der Waals surface area contributed by atoms with Gasteiger partial charge < -0.3 is 15.4 Å². The van der Waals surface area contributed by atoms with Crippen LogP contribution in [0.3, 0.4) is 0 Å². The van der Waals surface area contributed by atoms with E-state index in [1.165, 1.54) is 11.3 Å². The number of thiocarbonyl (C=S) groups is 1. The summed E-state index contributed by atoms with van der Waals surface area (Å²) in [5.41, 5.74) is 2.77. The van der Waals surface area contributed by atoms with Crippen LogP contribution in [0.4, 0.5) is 11.4 Å². The van der Waals surface area contributed by atoms with Gasteiger partial charge in [-0.3, -0.25) is 14.9 Å². The minimum absolute atomic E-state index is 0.149. The Hall–Kier alpha value is -4.01. The predicted octanol–water partition coefficient (Wildman–Crippen LogP) is 5.71. The summed E-state index contributed by atoms with van der Waals surface area (Å²) in [6.45, 7) is 0.452. The van der Waals surface area contributed by atoms with Gasteiger partial charge in [0.2, 0.25) is 0 Å². The maximum absolute atomic E-state index is 12.5. The van der Waals surface area contributed by atoms with E-state index in [0.29, 0.717) is 34.2 Å². The van der Waals surface area contributed by atoms with E-state index in [2.05, 4.69) is 16.0 Å². The molecule has 34 heavy (non-hydrogen) atoms. The van der Waals surface area contributed by atoms with Gasteiger partial charge in [0.25, 0.3) is 11.8 Å². The van der Waals surface area contributed by atoms with Crippen molar-refractivity contribution in [2.24, 2.45) is 0 Å². The van der Waals surface area contributed by atoms with Crippen LogP contribution in [0.5, 0.6) is 5.75 Å². The first kappa shape index (κ1) is 23.2. The summed E-state index contributed by atoms with van der Waals surface area (Å²) in [6.07, 6.45) is 0. The van der Waals surface area contributed by atoms with Gasteiger partial charge in [-0.25, -0.2) is 0 Å². The third-order valence-corrected chi connectivity index (χ3v) is 5.79. The number of hydrogen-bond acceptors (Lipinski definition) is 5. The maximum atomic E-state index is 12.5. The van der Waals surface area contributed by atoms with E-state index >= 15 is 0 Å². The fourth-order valence-electron chi connectivity index (χ4n) is 3.06. The van der Waals surface area contributed by atoms with Crippen molar-refractivity contribution in [1.82, 2.24) is 5.32 Å². The minimum atomic E-state index is -0.339. The Bertz CT molecular complexity index is 1270. The van der Waals surface area contributed by atoms with Crippen molar-refractivity contribution in [3.8, 4) is 5.75 Å². The molecule has 2 amide bonds. The monoisotopic (exact) mass is 487 g/mol. The summed E-state index contributed by atoms with van der Waals surface area (Å²) >= 11 is 6.64. The molecule has 0 atom stereocenters. The summed E-state index contributed by atoms with van der Waals surface area (Å²) in [7, 11) is 0. The van der Waals surface area contributed by atoms with Crippen molar-refractivity contribution in [1.29, 1.82) is 0 Å². The highest BCUT2D eigenvalue weighted by molar-refractivity contribution is 7.80. The molecule has 0 saturated heterocycles. The SMILES string of the molecule is O=C(NC(=S)Nc1cccc(NC(=O)c2cccs2)c1)c1ccc(OCc2ccccc2)cc1. The topological polar surface area (TPSA) is 79.5 Å². The number of carbonyl (C=O) groups excluding carboxylic acids is 2. The summed E-state index contributed by atoms with van der Waals surface area (Å²) in [6, 6.07) is 27.4. The molecule has 6 nitrogen and oxygen atoms in total. The van der Waals surface area contributed by atoms with E-state index in [0.717, 1.165) is 5.56 Å². The number of carbonyl (C=O) groups is 2. The molecule has 170 valence electrons. The molecule has 4 rings (SSSR count). The van der Waals surface area contributed by atoms with Gasteiger partial charge in [0.1, 0.15) is 12.4 Å². The molecular weight excluding hydrogens is 466 g/mol. The first-order valence-electron chi connectivity index (χ1n) is 10.4. The van der Waals surface area contributed by atoms with Crippen molar-refractivity contribution in [3.05, 3.63) is 112 Å². The maximum Gasteiger partial charge on any atom is 0.265 e. The van der Waals surface area contributed by atoms with Gasteiger partial charge in [0, 0.05) is 16.9 Å². The molecule has 0 spiro atoms. The Kier molecular flexibility index (Phi) is 7.64. The average molecular weight is 488 g/mol. The Morgan fingerprint density at radius 3 is 2.24 bits per heavy atom. The van der Waals surface area contributed by atoms with Crippen LogP contribution in [0.1, 0.15) is 25.6 Å². The lowest BCUT2D eigenvalue weighted by Crippen LogP contribution is -2.34. The van der Waals surface area contributed by atoms with Crippen molar-refractivity contribution in [2.75, 3.05) is 10.6 Å². The molecule has 0 radical (unpaired) electrons. The van der Waals surface area contributed by atoms with Gasteiger partial charge in [0.15, 0.2) is 5.11 Å². The number of thiophene rings is 1. The number of hydrogen-bond donors (Lipinski definition) is 3. The lowest BCUT2D eigenvalue weighted by atomic mass is 10.2. The highest BCUT2D eigenvalue weighted by Crippen LogP contribution is 2.18. The van der Waals surface area contributed by atoms with E-state index < -0.39 is 0 Å². The molecule has 0 bridgehead atoms. The fraction of sp³-hybridized carbons (Fsp3) is 0.0385. The molecule has 0 saturated carbocycles. The van der Waals surface area contributed by atoms with Gasteiger partial charge in [-0.2, -0.15) is 0 Å². The normalized spacial score (nSPS) is 10.2. The highest BCUT2D eigenvalue weighted by Gasteiger charge is 2.10. The lowest BCUT2D eigenvalue weighted by molar-refractivity contribution is 0.0976. The number of benzene rings is 3. The first-order valence-corrected chi connectivity index (χ1v) is 11.7. The third kappa shape index (κ3) is 6.50. The minimum Gasteiger partial charge on any atom is -0.489 e. The van der Waals surface area contributed by atoms with Crippen LogP contribution in [0.2, 0.25) is 0 Å². The van der Waals surface area contributed by atoms with Crippen LogP contribution in [0.25, 0.3) is 0 Å². The van der Waals surface area contributed by atoms with E-state index in [4.69, 9.17) is 17.0 Å². The van der Waals surface area contributed by atoms with E-state index in [-0.39, 0.29) is 16.9 Å². The average Bonchev–Trinajstić information content (AvgIpc) is 3.39. The Morgan fingerprint density at radius 2 is 1.53 bits per heavy atom. The standard InChI is InChI=1S/C26H21N3O3S2/c30-24(19-11-13-22(14-12-19)32-17-18-6-2-1-3-7-18)29-26(33)28-21-9-4-8-20(16-21)27-25(31)23-10-5-15-34-23/h1-16H,17H2,(H,27,31)(H2,28,29,30,33). The molecule has 0 aliphatic heterocycles. The molecule has 0 aliphatic rings. The van der Waals surface area contributed by atoms with Crippen LogP contribution in [0, 0.1) is 0 Å². The number of nitrogens with one attached hydrogen (secondary N) is 3. The molecule has 0 unspecified atom stereocenters. The van der Waals surface area contributed by atoms with Gasteiger partial charge in [-0.1, -0.05) is 42.5 Å². The molecule has 3 aromatic carbocycles. The van der Waals surface area contributed by atoms with Crippen LogP contribution < -0.4 is 20.7 Å². The molecule has 8 heteroatoms. The Morgan fingerprint density at radius 1 is 0.794 bits per heavy atom. The van der Waals surface area contributed by atoms with Gasteiger partial charge in [0.05, 0.1) is 4.88 Å². The zero-order chi connectivity index (χ0) is 23.8. The molecule has 0 aliphatic carbocycles. The highest BCUT2D eigenvalue weighted by atomic mass is 32.1. The van der Waals surface area contributed by atoms with Crippen molar-refractivity contribution >= 4 is 51.9 Å². The quantitative estimate of drug-likeness (QED) is 0.291. The molecule has 4 aromatic rings. The van der Waals surface area contributed by atoms with Gasteiger partial charge in [-0.15, -0.1) is 11.3 Å². The number of rotatable bonds is 7. The molecule has 0 fully saturated rings. The number of amides is 2. The van der Waals surface area contributed by atoms with Crippen LogP contribution in [-0.4, -0.2) is 16.9 Å². The zero-order valence-electron chi connectivity index (χ0n) is 18.0. The fourth-order valence-corrected chi connectivity index (χ4v) is 3.89. The number of ether oxygens (including phenoxy) is 1. The second-order valence-electron chi connectivity index (χ2n) is 7.22. The predicted molar refractivity (Wildman–Crippen MR) is 140 cm³/mol. The van der Waals surface area contributed by atoms with Crippen molar-refractivity contribution < 1.29 is 14.3 Å². The molecule has 3 N–H and O–H groups in total. The summed E-state index contributed by atoms with van der Waals surface area (Å²) < 4.78 is 5.75. The van der Waals surface area contributed by atoms with E-state index in [1.807, 2.05) is 41.8 Å². The van der Waals surface area contributed by atoms with Crippen molar-refractivity contribution in [2.45, 2.75) is 6.61 Å². The molecule has 1 heterocycles. The second kappa shape index (κ2) is 11.2. The Balaban J connectivity index is 1.29. The molecule has 1 aromatic heterocycles. The van der Waals surface area contributed by atoms with E-state index in [9.17, 15) is 9.59 Å². The van der Waals surface area contributed by atoms with Crippen LogP contribution >= 0.6 is 23.6 Å². The lowest BCUT2D eigenvalue weighted by Gasteiger charge is -2.12. The van der Waals surface area contributed by atoms with Crippen LogP contribution in [-0.2, 0) is 6.61 Å². The van der Waals surface area contributed by atoms with Crippen LogP contribution in [0.15, 0.2) is 96.4 Å². The van der Waals surface area contributed by atoms with Gasteiger partial charge in [-0.05, 0) is 71.7 Å². The Labute approximate surface area is 206 Å². The smallest absolute Gasteiger partial charge is 0.265 e. The summed E-state index contributed by atoms with van der Waals surface area (Å²) in [5.74, 6) is 0.149. The summed E-state index contributed by atoms with van der Waals surface area (Å²) in [4.78, 5) is 25.4. The first-order chi connectivity index (χ1) is 16.6. The van der Waals surface area contributed by atoms with E-state index in [1.54, 1.807) is 54.6 Å². The van der Waals surface area contributed by atoms with Crippen molar-refractivity contribution in [3.63, 3.8) is 0 Å². The molecular formula is C26H21N3O3S2. The van der Waals surface area contributed by atoms with Gasteiger partial charge >= 0.3 is 0 Å². The largest absolute Gasteiger partial charge is 0.489 e. The second-order valence-corrected chi connectivity index (χ2v) is 8.58.